The summed E-state index contributed by atoms with van der Waals surface area (Å²) in [6.07, 6.45) is 10.3. The Morgan fingerprint density at radius 1 is 1.62 bits per heavy atom. The molecule has 0 radical (unpaired) electrons. The van der Waals surface area contributed by atoms with Crippen molar-refractivity contribution in [3.63, 3.8) is 0 Å². The van der Waals surface area contributed by atoms with Crippen molar-refractivity contribution in [2.75, 3.05) is 5.88 Å². The molecule has 1 aliphatic carbocycles. The van der Waals surface area contributed by atoms with Crippen molar-refractivity contribution in [2.24, 2.45) is 5.41 Å². The van der Waals surface area contributed by atoms with Crippen molar-refractivity contribution in [3.05, 3.63) is 24.3 Å². The van der Waals surface area contributed by atoms with Crippen LogP contribution in [-0.2, 0) is 4.79 Å². The summed E-state index contributed by atoms with van der Waals surface area (Å²) in [5.41, 5.74) is -0.183. The summed E-state index contributed by atoms with van der Waals surface area (Å²) in [6, 6.07) is 0. The van der Waals surface area contributed by atoms with Crippen LogP contribution in [0.1, 0.15) is 26.2 Å². The molecule has 0 amide bonds. The first-order valence-corrected chi connectivity index (χ1v) is 5.14. The Hall–Kier alpha value is -0.560. The molecule has 2 heteroatoms. The van der Waals surface area contributed by atoms with Crippen LogP contribution in [0.3, 0.4) is 0 Å². The summed E-state index contributed by atoms with van der Waals surface area (Å²) >= 11 is 5.52. The fourth-order valence-corrected chi connectivity index (χ4v) is 1.65. The second-order valence-corrected chi connectivity index (χ2v) is 4.00. The highest BCUT2D eigenvalue weighted by Crippen LogP contribution is 2.32. The lowest BCUT2D eigenvalue weighted by Crippen LogP contribution is -2.27. The van der Waals surface area contributed by atoms with Crippen molar-refractivity contribution in [1.82, 2.24) is 0 Å². The topological polar surface area (TPSA) is 17.1 Å². The Kier molecular flexibility index (Phi) is 3.73. The number of carbonyl (C=O) groups is 1. The van der Waals surface area contributed by atoms with E-state index in [1.54, 1.807) is 6.08 Å². The van der Waals surface area contributed by atoms with Crippen LogP contribution < -0.4 is 0 Å². The summed E-state index contributed by atoms with van der Waals surface area (Å²) < 4.78 is 0. The van der Waals surface area contributed by atoms with Crippen LogP contribution in [0.15, 0.2) is 24.3 Å². The van der Waals surface area contributed by atoms with Gasteiger partial charge in [-0.3, -0.25) is 4.79 Å². The third-order valence-corrected chi connectivity index (χ3v) is 2.73. The standard InChI is InChI=1S/C11H15ClO/c1-11(8-4-5-9-12)7-3-2-6-10(11)13/h2,4-6H,3,7-9H2,1H3/b5-4+. The zero-order chi connectivity index (χ0) is 9.73. The zero-order valence-corrected chi connectivity index (χ0v) is 8.68. The van der Waals surface area contributed by atoms with Gasteiger partial charge in [0.2, 0.25) is 0 Å². The number of hydrogen-bond acceptors (Lipinski definition) is 1. The van der Waals surface area contributed by atoms with Gasteiger partial charge in [-0.1, -0.05) is 25.2 Å². The van der Waals surface area contributed by atoms with Crippen LogP contribution >= 0.6 is 11.6 Å². The maximum atomic E-state index is 11.6. The number of ketones is 1. The van der Waals surface area contributed by atoms with Crippen LogP contribution in [0.25, 0.3) is 0 Å². The summed E-state index contributed by atoms with van der Waals surface area (Å²) in [7, 11) is 0. The van der Waals surface area contributed by atoms with Gasteiger partial charge in [0.05, 0.1) is 0 Å². The van der Waals surface area contributed by atoms with Gasteiger partial charge < -0.3 is 0 Å². The van der Waals surface area contributed by atoms with E-state index < -0.39 is 0 Å². The van der Waals surface area contributed by atoms with E-state index in [9.17, 15) is 4.79 Å². The largest absolute Gasteiger partial charge is 0.294 e. The predicted octanol–water partition coefficient (Wildman–Crippen LogP) is 3.10. The van der Waals surface area contributed by atoms with Gasteiger partial charge in [-0.2, -0.15) is 0 Å². The van der Waals surface area contributed by atoms with Gasteiger partial charge in [-0.15, -0.1) is 11.6 Å². The fraction of sp³-hybridized carbons (Fsp3) is 0.545. The predicted molar refractivity (Wildman–Crippen MR) is 56.0 cm³/mol. The average Bonchev–Trinajstić information content (AvgIpc) is 2.11. The van der Waals surface area contributed by atoms with Crippen LogP contribution in [0.4, 0.5) is 0 Å². The second-order valence-electron chi connectivity index (χ2n) is 3.70. The van der Waals surface area contributed by atoms with E-state index in [2.05, 4.69) is 0 Å². The first-order valence-electron chi connectivity index (χ1n) is 4.61. The summed E-state index contributed by atoms with van der Waals surface area (Å²) in [6.45, 7) is 2.03. The van der Waals surface area contributed by atoms with Crippen molar-refractivity contribution < 1.29 is 4.79 Å². The third kappa shape index (κ3) is 2.70. The molecule has 0 aromatic heterocycles. The Bertz CT molecular complexity index is 242. The molecule has 0 N–H and O–H groups in total. The first-order chi connectivity index (χ1) is 6.19. The van der Waals surface area contributed by atoms with Crippen LogP contribution in [0, 0.1) is 5.41 Å². The molecule has 0 spiro atoms. The minimum absolute atomic E-state index is 0.183. The highest BCUT2D eigenvalue weighted by atomic mass is 35.5. The quantitative estimate of drug-likeness (QED) is 0.503. The van der Waals surface area contributed by atoms with E-state index in [1.165, 1.54) is 0 Å². The lowest BCUT2D eigenvalue weighted by molar-refractivity contribution is -0.123. The van der Waals surface area contributed by atoms with Gasteiger partial charge >= 0.3 is 0 Å². The Morgan fingerprint density at radius 2 is 2.38 bits per heavy atom. The van der Waals surface area contributed by atoms with Gasteiger partial charge in [0, 0.05) is 11.3 Å². The van der Waals surface area contributed by atoms with Crippen molar-refractivity contribution in [1.29, 1.82) is 0 Å². The van der Waals surface area contributed by atoms with E-state index in [0.717, 1.165) is 19.3 Å². The molecular formula is C11H15ClO. The normalized spacial score (nSPS) is 28.6. The third-order valence-electron chi connectivity index (χ3n) is 2.55. The van der Waals surface area contributed by atoms with Gasteiger partial charge in [-0.05, 0) is 25.3 Å². The molecule has 0 aliphatic heterocycles. The molecule has 0 bridgehead atoms. The molecule has 0 aromatic carbocycles. The molecule has 72 valence electrons. The minimum atomic E-state index is -0.183. The highest BCUT2D eigenvalue weighted by molar-refractivity contribution is 6.18. The van der Waals surface area contributed by atoms with E-state index >= 15 is 0 Å². The molecule has 13 heavy (non-hydrogen) atoms. The number of allylic oxidation sites excluding steroid dienone is 4. The Labute approximate surface area is 84.5 Å². The van der Waals surface area contributed by atoms with Crippen LogP contribution in [-0.4, -0.2) is 11.7 Å². The second kappa shape index (κ2) is 4.61. The molecule has 0 fully saturated rings. The van der Waals surface area contributed by atoms with Crippen LogP contribution in [0.2, 0.25) is 0 Å². The highest BCUT2D eigenvalue weighted by Gasteiger charge is 2.30. The van der Waals surface area contributed by atoms with Crippen molar-refractivity contribution in [2.45, 2.75) is 26.2 Å². The van der Waals surface area contributed by atoms with Crippen molar-refractivity contribution in [3.8, 4) is 0 Å². The number of hydrogen-bond donors (Lipinski definition) is 0. The number of carbonyl (C=O) groups excluding carboxylic acids is 1. The summed E-state index contributed by atoms with van der Waals surface area (Å²) in [5, 5.41) is 0. The molecule has 0 aromatic rings. The SMILES string of the molecule is CC1(C/C=C/CCl)CCC=CC1=O. The number of halogens is 1. The fourth-order valence-electron chi connectivity index (χ4n) is 1.53. The number of alkyl halides is 1. The Balaban J connectivity index is 2.59. The van der Waals surface area contributed by atoms with E-state index in [0.29, 0.717) is 5.88 Å². The van der Waals surface area contributed by atoms with Crippen molar-refractivity contribution >= 4 is 17.4 Å². The lowest BCUT2D eigenvalue weighted by atomic mass is 9.75. The zero-order valence-electron chi connectivity index (χ0n) is 7.92. The molecule has 1 unspecified atom stereocenters. The summed E-state index contributed by atoms with van der Waals surface area (Å²) in [4.78, 5) is 11.6. The summed E-state index contributed by atoms with van der Waals surface area (Å²) in [5.74, 6) is 0.776. The van der Waals surface area contributed by atoms with Gasteiger partial charge in [0.15, 0.2) is 5.78 Å². The van der Waals surface area contributed by atoms with E-state index in [4.69, 9.17) is 11.6 Å². The molecule has 1 rings (SSSR count). The smallest absolute Gasteiger partial charge is 0.161 e. The maximum absolute atomic E-state index is 11.6. The molecule has 0 saturated heterocycles. The molecule has 1 nitrogen and oxygen atoms in total. The average molecular weight is 199 g/mol. The minimum Gasteiger partial charge on any atom is -0.294 e. The Morgan fingerprint density at radius 3 is 3.00 bits per heavy atom. The maximum Gasteiger partial charge on any atom is 0.161 e. The van der Waals surface area contributed by atoms with Gasteiger partial charge in [-0.25, -0.2) is 0 Å². The van der Waals surface area contributed by atoms with Crippen LogP contribution in [0.5, 0.6) is 0 Å². The molecule has 0 saturated carbocycles. The van der Waals surface area contributed by atoms with E-state index in [1.807, 2.05) is 25.2 Å². The van der Waals surface area contributed by atoms with Gasteiger partial charge in [0.25, 0.3) is 0 Å². The molecule has 1 atom stereocenters. The molecular weight excluding hydrogens is 184 g/mol. The molecule has 1 aliphatic rings. The molecule has 0 heterocycles. The van der Waals surface area contributed by atoms with Gasteiger partial charge in [0.1, 0.15) is 0 Å². The lowest BCUT2D eigenvalue weighted by Gasteiger charge is -2.27. The van der Waals surface area contributed by atoms with E-state index in [-0.39, 0.29) is 11.2 Å². The monoisotopic (exact) mass is 198 g/mol. The number of rotatable bonds is 3. The first kappa shape index (κ1) is 10.5.